The second kappa shape index (κ2) is 5.83. The number of hydrogen-bond donors (Lipinski definition) is 2. The highest BCUT2D eigenvalue weighted by Gasteiger charge is 2.18. The number of sulfonamides is 1. The lowest BCUT2D eigenvalue weighted by Crippen LogP contribution is -2.26. The van der Waals surface area contributed by atoms with Gasteiger partial charge in [0, 0.05) is 12.6 Å². The standard InChI is InChI=1S/C13H16N2O2S2/c1-10(12-5-6-18-9-12)15-19(16,17)13-4-2-3-11(7-13)8-14/h2-7,9-10,15H,8,14H2,1H3. The Morgan fingerprint density at radius 2 is 2.16 bits per heavy atom. The molecule has 4 nitrogen and oxygen atoms in total. The summed E-state index contributed by atoms with van der Waals surface area (Å²) in [7, 11) is -3.52. The predicted molar refractivity (Wildman–Crippen MR) is 77.4 cm³/mol. The van der Waals surface area contributed by atoms with Crippen LogP contribution in [-0.4, -0.2) is 8.42 Å². The second-order valence-electron chi connectivity index (χ2n) is 4.25. The molecule has 1 heterocycles. The van der Waals surface area contributed by atoms with E-state index in [1.165, 1.54) is 0 Å². The van der Waals surface area contributed by atoms with Crippen molar-refractivity contribution in [1.82, 2.24) is 4.72 Å². The fraction of sp³-hybridized carbons (Fsp3) is 0.231. The number of hydrogen-bond acceptors (Lipinski definition) is 4. The van der Waals surface area contributed by atoms with Gasteiger partial charge in [-0.1, -0.05) is 12.1 Å². The highest BCUT2D eigenvalue weighted by atomic mass is 32.2. The summed E-state index contributed by atoms with van der Waals surface area (Å²) < 4.78 is 27.2. The maximum atomic E-state index is 12.3. The zero-order chi connectivity index (χ0) is 13.9. The molecule has 19 heavy (non-hydrogen) atoms. The predicted octanol–water partition coefficient (Wildman–Crippen LogP) is 2.25. The van der Waals surface area contributed by atoms with Gasteiger partial charge in [0.25, 0.3) is 0 Å². The summed E-state index contributed by atoms with van der Waals surface area (Å²) in [6.45, 7) is 2.15. The number of nitrogens with two attached hydrogens (primary N) is 1. The van der Waals surface area contributed by atoms with Gasteiger partial charge in [-0.25, -0.2) is 13.1 Å². The number of nitrogens with one attached hydrogen (secondary N) is 1. The number of benzene rings is 1. The molecule has 6 heteroatoms. The van der Waals surface area contributed by atoms with Crippen molar-refractivity contribution >= 4 is 21.4 Å². The van der Waals surface area contributed by atoms with E-state index in [0.29, 0.717) is 6.54 Å². The molecule has 0 amide bonds. The van der Waals surface area contributed by atoms with Gasteiger partial charge in [0.15, 0.2) is 0 Å². The minimum atomic E-state index is -3.52. The summed E-state index contributed by atoms with van der Waals surface area (Å²) >= 11 is 1.54. The van der Waals surface area contributed by atoms with Crippen molar-refractivity contribution in [3.63, 3.8) is 0 Å². The maximum absolute atomic E-state index is 12.3. The van der Waals surface area contributed by atoms with E-state index in [4.69, 9.17) is 5.73 Å². The molecule has 1 aromatic heterocycles. The first-order valence-corrected chi connectivity index (χ1v) is 8.29. The van der Waals surface area contributed by atoms with Crippen molar-refractivity contribution in [3.05, 3.63) is 52.2 Å². The maximum Gasteiger partial charge on any atom is 0.241 e. The van der Waals surface area contributed by atoms with Crippen molar-refractivity contribution in [2.45, 2.75) is 24.4 Å². The van der Waals surface area contributed by atoms with E-state index in [-0.39, 0.29) is 10.9 Å². The van der Waals surface area contributed by atoms with Gasteiger partial charge in [0.1, 0.15) is 0 Å². The average Bonchev–Trinajstić information content (AvgIpc) is 2.92. The molecule has 0 aliphatic heterocycles. The lowest BCUT2D eigenvalue weighted by molar-refractivity contribution is 0.567. The Hall–Kier alpha value is -1.21. The summed E-state index contributed by atoms with van der Waals surface area (Å²) in [6.07, 6.45) is 0. The molecule has 1 unspecified atom stereocenters. The third kappa shape index (κ3) is 3.42. The normalized spacial score (nSPS) is 13.4. The zero-order valence-corrected chi connectivity index (χ0v) is 12.2. The van der Waals surface area contributed by atoms with Crippen molar-refractivity contribution in [2.24, 2.45) is 5.73 Å². The van der Waals surface area contributed by atoms with E-state index < -0.39 is 10.0 Å². The fourth-order valence-electron chi connectivity index (χ4n) is 1.73. The molecule has 0 spiro atoms. The fourth-order valence-corrected chi connectivity index (χ4v) is 3.79. The van der Waals surface area contributed by atoms with Crippen LogP contribution in [0.3, 0.4) is 0 Å². The van der Waals surface area contributed by atoms with Crippen molar-refractivity contribution in [2.75, 3.05) is 0 Å². The third-order valence-corrected chi connectivity index (χ3v) is 5.06. The van der Waals surface area contributed by atoms with Crippen LogP contribution in [0.15, 0.2) is 46.0 Å². The third-order valence-electron chi connectivity index (χ3n) is 2.82. The van der Waals surface area contributed by atoms with Crippen LogP contribution in [0.1, 0.15) is 24.1 Å². The minimum Gasteiger partial charge on any atom is -0.326 e. The van der Waals surface area contributed by atoms with E-state index in [2.05, 4.69) is 4.72 Å². The van der Waals surface area contributed by atoms with E-state index in [1.807, 2.05) is 23.8 Å². The van der Waals surface area contributed by atoms with Crippen LogP contribution in [0.4, 0.5) is 0 Å². The second-order valence-corrected chi connectivity index (χ2v) is 6.75. The molecule has 0 aliphatic rings. The van der Waals surface area contributed by atoms with Gasteiger partial charge in [0.2, 0.25) is 10.0 Å². The Morgan fingerprint density at radius 3 is 2.79 bits per heavy atom. The molecule has 102 valence electrons. The van der Waals surface area contributed by atoms with E-state index in [0.717, 1.165) is 11.1 Å². The molecule has 0 aliphatic carbocycles. The van der Waals surface area contributed by atoms with Crippen LogP contribution in [0, 0.1) is 0 Å². The molecule has 0 bridgehead atoms. The Balaban J connectivity index is 2.22. The molecule has 0 saturated carbocycles. The summed E-state index contributed by atoms with van der Waals surface area (Å²) in [5.41, 5.74) is 7.29. The average molecular weight is 296 g/mol. The van der Waals surface area contributed by atoms with Gasteiger partial charge in [-0.05, 0) is 47.0 Å². The van der Waals surface area contributed by atoms with Crippen molar-refractivity contribution in [3.8, 4) is 0 Å². The van der Waals surface area contributed by atoms with E-state index in [1.54, 1.807) is 35.6 Å². The largest absolute Gasteiger partial charge is 0.326 e. The lowest BCUT2D eigenvalue weighted by atomic mass is 10.2. The zero-order valence-electron chi connectivity index (χ0n) is 10.5. The van der Waals surface area contributed by atoms with Gasteiger partial charge in [0.05, 0.1) is 4.90 Å². The first-order valence-electron chi connectivity index (χ1n) is 5.86. The first kappa shape index (κ1) is 14.2. The van der Waals surface area contributed by atoms with Crippen LogP contribution >= 0.6 is 11.3 Å². The minimum absolute atomic E-state index is 0.248. The highest BCUT2D eigenvalue weighted by molar-refractivity contribution is 7.89. The highest BCUT2D eigenvalue weighted by Crippen LogP contribution is 2.19. The SMILES string of the molecule is CC(NS(=O)(=O)c1cccc(CN)c1)c1ccsc1. The molecule has 0 saturated heterocycles. The molecule has 1 aromatic carbocycles. The molecular weight excluding hydrogens is 280 g/mol. The molecule has 1 atom stereocenters. The Bertz CT molecular complexity index is 636. The first-order chi connectivity index (χ1) is 9.03. The van der Waals surface area contributed by atoms with E-state index >= 15 is 0 Å². The molecule has 0 fully saturated rings. The molecule has 2 rings (SSSR count). The topological polar surface area (TPSA) is 72.2 Å². The van der Waals surface area contributed by atoms with Crippen LogP contribution < -0.4 is 10.5 Å². The number of thiophene rings is 1. The summed E-state index contributed by atoms with van der Waals surface area (Å²) in [5.74, 6) is 0. The van der Waals surface area contributed by atoms with E-state index in [9.17, 15) is 8.42 Å². The van der Waals surface area contributed by atoms with Gasteiger partial charge >= 0.3 is 0 Å². The number of rotatable bonds is 5. The smallest absolute Gasteiger partial charge is 0.241 e. The molecular formula is C13H16N2O2S2. The monoisotopic (exact) mass is 296 g/mol. The Kier molecular flexibility index (Phi) is 4.36. The quantitative estimate of drug-likeness (QED) is 0.889. The van der Waals surface area contributed by atoms with Crippen LogP contribution in [-0.2, 0) is 16.6 Å². The lowest BCUT2D eigenvalue weighted by Gasteiger charge is -2.13. The Morgan fingerprint density at radius 1 is 1.37 bits per heavy atom. The Labute approximate surface area is 117 Å². The van der Waals surface area contributed by atoms with Crippen molar-refractivity contribution < 1.29 is 8.42 Å². The van der Waals surface area contributed by atoms with Gasteiger partial charge < -0.3 is 5.73 Å². The summed E-state index contributed by atoms with van der Waals surface area (Å²) in [5, 5.41) is 3.86. The molecule has 3 N–H and O–H groups in total. The summed E-state index contributed by atoms with van der Waals surface area (Å²) in [4.78, 5) is 0.248. The van der Waals surface area contributed by atoms with Gasteiger partial charge in [-0.3, -0.25) is 0 Å². The van der Waals surface area contributed by atoms with Crippen LogP contribution in [0.2, 0.25) is 0 Å². The van der Waals surface area contributed by atoms with Gasteiger partial charge in [-0.15, -0.1) is 0 Å². The van der Waals surface area contributed by atoms with Crippen LogP contribution in [0.25, 0.3) is 0 Å². The summed E-state index contributed by atoms with van der Waals surface area (Å²) in [6, 6.07) is 8.34. The van der Waals surface area contributed by atoms with Crippen LogP contribution in [0.5, 0.6) is 0 Å². The van der Waals surface area contributed by atoms with Crippen molar-refractivity contribution in [1.29, 1.82) is 0 Å². The molecule has 2 aromatic rings. The van der Waals surface area contributed by atoms with Gasteiger partial charge in [-0.2, -0.15) is 11.3 Å². The molecule has 0 radical (unpaired) electrons.